The maximum Gasteiger partial charge on any atom is 0.126 e. The van der Waals surface area contributed by atoms with Gasteiger partial charge in [0.1, 0.15) is 12.4 Å². The summed E-state index contributed by atoms with van der Waals surface area (Å²) in [6.45, 7) is 0.526. The van der Waals surface area contributed by atoms with E-state index in [2.05, 4.69) is 24.3 Å². The fourth-order valence-electron chi connectivity index (χ4n) is 1.65. The monoisotopic (exact) mass is 258 g/mol. The molecule has 0 heterocycles. The van der Waals surface area contributed by atoms with Crippen molar-refractivity contribution in [1.82, 2.24) is 0 Å². The van der Waals surface area contributed by atoms with Gasteiger partial charge in [0.05, 0.1) is 5.88 Å². The molecule has 0 aliphatic carbocycles. The van der Waals surface area contributed by atoms with Gasteiger partial charge in [-0.15, -0.1) is 11.6 Å². The molecule has 0 fully saturated rings. The average molecular weight is 259 g/mol. The van der Waals surface area contributed by atoms with Gasteiger partial charge >= 0.3 is 0 Å². The van der Waals surface area contributed by atoms with Crippen molar-refractivity contribution in [3.8, 4) is 5.75 Å². The summed E-state index contributed by atoms with van der Waals surface area (Å²) < 4.78 is 5.59. The van der Waals surface area contributed by atoms with E-state index >= 15 is 0 Å². The molecule has 0 aliphatic rings. The second-order valence-corrected chi connectivity index (χ2v) is 4.20. The van der Waals surface area contributed by atoms with Gasteiger partial charge in [-0.1, -0.05) is 60.7 Å². The Morgan fingerprint density at radius 2 is 1.61 bits per heavy atom. The molecule has 0 radical (unpaired) electrons. The maximum atomic E-state index is 5.63. The molecule has 0 aromatic heterocycles. The van der Waals surface area contributed by atoms with Gasteiger partial charge in [0.15, 0.2) is 0 Å². The first-order valence-corrected chi connectivity index (χ1v) is 6.44. The molecule has 0 saturated heterocycles. The molecule has 0 aliphatic heterocycles. The van der Waals surface area contributed by atoms with Gasteiger partial charge in [0.2, 0.25) is 0 Å². The van der Waals surface area contributed by atoms with E-state index in [1.54, 1.807) is 0 Å². The second kappa shape index (κ2) is 6.87. The smallest absolute Gasteiger partial charge is 0.126 e. The summed E-state index contributed by atoms with van der Waals surface area (Å²) in [5.41, 5.74) is 2.23. The first-order valence-electron chi connectivity index (χ1n) is 5.91. The number of rotatable bonds is 5. The molecule has 1 nitrogen and oxygen atoms in total. The fourth-order valence-corrected chi connectivity index (χ4v) is 1.73. The third-order valence-electron chi connectivity index (χ3n) is 2.51. The lowest BCUT2D eigenvalue weighted by Crippen LogP contribution is -1.99. The summed E-state index contributed by atoms with van der Waals surface area (Å²) in [5, 5.41) is 0. The normalized spacial score (nSPS) is 10.7. The van der Waals surface area contributed by atoms with Crippen molar-refractivity contribution in [2.75, 3.05) is 12.5 Å². The van der Waals surface area contributed by atoms with Crippen LogP contribution in [0.15, 0.2) is 54.6 Å². The largest absolute Gasteiger partial charge is 0.492 e. The van der Waals surface area contributed by atoms with Crippen LogP contribution >= 0.6 is 11.6 Å². The van der Waals surface area contributed by atoms with Crippen LogP contribution in [0.5, 0.6) is 5.75 Å². The van der Waals surface area contributed by atoms with Gasteiger partial charge < -0.3 is 4.74 Å². The lowest BCUT2D eigenvalue weighted by atomic mass is 10.1. The Labute approximate surface area is 113 Å². The zero-order chi connectivity index (χ0) is 12.6. The van der Waals surface area contributed by atoms with E-state index in [-0.39, 0.29) is 0 Å². The SMILES string of the molecule is ClCCOc1ccccc1/C=C/c1ccccc1. The molecule has 0 saturated carbocycles. The number of ether oxygens (including phenoxy) is 1. The number of alkyl halides is 1. The first kappa shape index (κ1) is 12.7. The molecule has 2 heteroatoms. The van der Waals surface area contributed by atoms with E-state index in [0.29, 0.717) is 12.5 Å². The standard InChI is InChI=1S/C16H15ClO/c17-12-13-18-16-9-5-4-8-15(16)11-10-14-6-2-1-3-7-14/h1-11H,12-13H2/b11-10+. The van der Waals surface area contributed by atoms with Gasteiger partial charge in [-0.05, 0) is 11.6 Å². The highest BCUT2D eigenvalue weighted by molar-refractivity contribution is 6.18. The number of hydrogen-bond donors (Lipinski definition) is 0. The summed E-state index contributed by atoms with van der Waals surface area (Å²) in [4.78, 5) is 0. The van der Waals surface area contributed by atoms with Crippen LogP contribution in [0.25, 0.3) is 12.2 Å². The quantitative estimate of drug-likeness (QED) is 0.568. The second-order valence-electron chi connectivity index (χ2n) is 3.82. The minimum absolute atomic E-state index is 0.497. The molecule has 2 aromatic carbocycles. The summed E-state index contributed by atoms with van der Waals surface area (Å²) in [7, 11) is 0. The van der Waals surface area contributed by atoms with Crippen LogP contribution in [-0.2, 0) is 0 Å². The Kier molecular flexibility index (Phi) is 4.86. The number of para-hydroxylation sites is 1. The lowest BCUT2D eigenvalue weighted by molar-refractivity contribution is 0.342. The lowest BCUT2D eigenvalue weighted by Gasteiger charge is -2.07. The Hall–Kier alpha value is -1.73. The molecule has 92 valence electrons. The summed E-state index contributed by atoms with van der Waals surface area (Å²) in [6, 6.07) is 18.1. The maximum absolute atomic E-state index is 5.63. The third-order valence-corrected chi connectivity index (χ3v) is 2.66. The van der Waals surface area contributed by atoms with Crippen LogP contribution in [0.1, 0.15) is 11.1 Å². The van der Waals surface area contributed by atoms with E-state index in [9.17, 15) is 0 Å². The molecule has 0 bridgehead atoms. The molecular weight excluding hydrogens is 244 g/mol. The van der Waals surface area contributed by atoms with Crippen molar-refractivity contribution in [2.45, 2.75) is 0 Å². The number of halogens is 1. The molecule has 0 atom stereocenters. The minimum Gasteiger partial charge on any atom is -0.492 e. The van der Waals surface area contributed by atoms with E-state index in [1.807, 2.05) is 42.5 Å². The average Bonchev–Trinajstić information content (AvgIpc) is 2.45. The summed E-state index contributed by atoms with van der Waals surface area (Å²) in [6.07, 6.45) is 4.13. The fraction of sp³-hybridized carbons (Fsp3) is 0.125. The summed E-state index contributed by atoms with van der Waals surface area (Å²) >= 11 is 5.63. The molecule has 0 spiro atoms. The highest BCUT2D eigenvalue weighted by atomic mass is 35.5. The van der Waals surface area contributed by atoms with Crippen LogP contribution in [0.4, 0.5) is 0 Å². The van der Waals surface area contributed by atoms with Crippen molar-refractivity contribution in [1.29, 1.82) is 0 Å². The van der Waals surface area contributed by atoms with Crippen molar-refractivity contribution in [2.24, 2.45) is 0 Å². The van der Waals surface area contributed by atoms with Gasteiger partial charge in [0, 0.05) is 5.56 Å². The molecule has 2 rings (SSSR count). The van der Waals surface area contributed by atoms with Crippen molar-refractivity contribution in [3.63, 3.8) is 0 Å². The number of hydrogen-bond acceptors (Lipinski definition) is 1. The van der Waals surface area contributed by atoms with Crippen molar-refractivity contribution in [3.05, 3.63) is 65.7 Å². The van der Waals surface area contributed by atoms with Gasteiger partial charge in [-0.2, -0.15) is 0 Å². The number of benzene rings is 2. The van der Waals surface area contributed by atoms with E-state index in [0.717, 1.165) is 11.3 Å². The Balaban J connectivity index is 2.15. The predicted octanol–water partition coefficient (Wildman–Crippen LogP) is 4.47. The van der Waals surface area contributed by atoms with Gasteiger partial charge in [-0.25, -0.2) is 0 Å². The molecule has 18 heavy (non-hydrogen) atoms. The molecular formula is C16H15ClO. The molecule has 0 amide bonds. The Morgan fingerprint density at radius 1 is 0.889 bits per heavy atom. The first-order chi connectivity index (χ1) is 8.90. The van der Waals surface area contributed by atoms with Crippen LogP contribution in [0.2, 0.25) is 0 Å². The Morgan fingerprint density at radius 3 is 2.39 bits per heavy atom. The highest BCUT2D eigenvalue weighted by Crippen LogP contribution is 2.20. The predicted molar refractivity (Wildman–Crippen MR) is 78.0 cm³/mol. The molecule has 0 unspecified atom stereocenters. The molecule has 2 aromatic rings. The zero-order valence-corrected chi connectivity index (χ0v) is 10.8. The third kappa shape index (κ3) is 3.64. The van der Waals surface area contributed by atoms with Crippen molar-refractivity contribution < 1.29 is 4.74 Å². The molecule has 0 N–H and O–H groups in total. The van der Waals surface area contributed by atoms with E-state index in [4.69, 9.17) is 16.3 Å². The van der Waals surface area contributed by atoms with E-state index < -0.39 is 0 Å². The van der Waals surface area contributed by atoms with Crippen LogP contribution in [0, 0.1) is 0 Å². The van der Waals surface area contributed by atoms with Gasteiger partial charge in [-0.3, -0.25) is 0 Å². The minimum atomic E-state index is 0.497. The summed E-state index contributed by atoms with van der Waals surface area (Å²) in [5.74, 6) is 1.36. The van der Waals surface area contributed by atoms with Crippen LogP contribution in [0.3, 0.4) is 0 Å². The van der Waals surface area contributed by atoms with E-state index in [1.165, 1.54) is 5.56 Å². The van der Waals surface area contributed by atoms with Crippen LogP contribution in [-0.4, -0.2) is 12.5 Å². The topological polar surface area (TPSA) is 9.23 Å². The van der Waals surface area contributed by atoms with Crippen molar-refractivity contribution >= 4 is 23.8 Å². The zero-order valence-electron chi connectivity index (χ0n) is 10.1. The van der Waals surface area contributed by atoms with Gasteiger partial charge in [0.25, 0.3) is 0 Å². The Bertz CT molecular complexity index is 506. The van der Waals surface area contributed by atoms with Crippen LogP contribution < -0.4 is 4.74 Å². The highest BCUT2D eigenvalue weighted by Gasteiger charge is 1.98.